The van der Waals surface area contributed by atoms with E-state index in [-0.39, 0.29) is 11.8 Å². The lowest BCUT2D eigenvalue weighted by Gasteiger charge is -1.91. The summed E-state index contributed by atoms with van der Waals surface area (Å²) in [4.78, 5) is 11.2. The molecule has 0 fully saturated rings. The molecule has 0 aromatic heterocycles. The average molecular weight is 163 g/mol. The van der Waals surface area contributed by atoms with E-state index in [1.165, 1.54) is 0 Å². The Balaban J connectivity index is 2.52. The van der Waals surface area contributed by atoms with Crippen LogP contribution in [-0.4, -0.2) is 11.8 Å². The second-order valence-electron chi connectivity index (χ2n) is 2.85. The van der Waals surface area contributed by atoms with Crippen molar-refractivity contribution in [3.05, 3.63) is 36.5 Å². The maximum atomic E-state index is 11.2. The van der Waals surface area contributed by atoms with Gasteiger partial charge < -0.3 is 5.73 Å². The Morgan fingerprint density at radius 2 is 2.50 bits per heavy atom. The summed E-state index contributed by atoms with van der Waals surface area (Å²) in [7, 11) is 0. The van der Waals surface area contributed by atoms with Gasteiger partial charge in [0, 0.05) is 12.5 Å². The van der Waals surface area contributed by atoms with Crippen molar-refractivity contribution in [1.29, 1.82) is 0 Å². The van der Waals surface area contributed by atoms with Crippen LogP contribution in [0.2, 0.25) is 0 Å². The van der Waals surface area contributed by atoms with Crippen LogP contribution in [0.4, 0.5) is 0 Å². The fourth-order valence-electron chi connectivity index (χ4n) is 1.23. The van der Waals surface area contributed by atoms with E-state index in [1.54, 1.807) is 6.08 Å². The van der Waals surface area contributed by atoms with Crippen LogP contribution in [0.1, 0.15) is 12.8 Å². The number of carbonyl (C=O) groups excluding carboxylic acids is 1. The lowest BCUT2D eigenvalue weighted by molar-refractivity contribution is -0.115. The topological polar surface area (TPSA) is 43.1 Å². The normalized spacial score (nSPS) is 23.2. The van der Waals surface area contributed by atoms with E-state index in [0.717, 1.165) is 5.57 Å². The van der Waals surface area contributed by atoms with Crippen LogP contribution in [-0.2, 0) is 4.79 Å². The standard InChI is InChI=1S/C10H13NO/c1-2-3-4-5-8-6-9(11)7-10(8)12/h2-4,6,9H,1,5,7,11H2/b4-3-. The predicted molar refractivity (Wildman–Crippen MR) is 49.6 cm³/mol. The van der Waals surface area contributed by atoms with Crippen LogP contribution < -0.4 is 5.73 Å². The highest BCUT2D eigenvalue weighted by atomic mass is 16.1. The third kappa shape index (κ3) is 2.17. The third-order valence-corrected chi connectivity index (χ3v) is 1.80. The molecular weight excluding hydrogens is 150 g/mol. The Morgan fingerprint density at radius 1 is 1.75 bits per heavy atom. The summed E-state index contributed by atoms with van der Waals surface area (Å²) in [6.45, 7) is 3.54. The van der Waals surface area contributed by atoms with Crippen LogP contribution >= 0.6 is 0 Å². The third-order valence-electron chi connectivity index (χ3n) is 1.80. The van der Waals surface area contributed by atoms with Gasteiger partial charge >= 0.3 is 0 Å². The molecule has 1 unspecified atom stereocenters. The number of allylic oxidation sites excluding steroid dienone is 4. The number of Topliss-reactive ketones (excluding diaryl/α,β-unsaturated/α-hetero) is 1. The van der Waals surface area contributed by atoms with Crippen molar-refractivity contribution in [2.24, 2.45) is 5.73 Å². The predicted octanol–water partition coefficient (Wildman–Crippen LogP) is 1.35. The quantitative estimate of drug-likeness (QED) is 0.638. The SMILES string of the molecule is C=C/C=C\CC1=CC(N)CC1=O. The molecule has 0 heterocycles. The van der Waals surface area contributed by atoms with Crippen molar-refractivity contribution < 1.29 is 4.79 Å². The van der Waals surface area contributed by atoms with Crippen molar-refractivity contribution in [3.8, 4) is 0 Å². The summed E-state index contributed by atoms with van der Waals surface area (Å²) in [5, 5.41) is 0. The molecule has 0 aliphatic heterocycles. The number of hydrogen-bond acceptors (Lipinski definition) is 2. The van der Waals surface area contributed by atoms with E-state index >= 15 is 0 Å². The maximum Gasteiger partial charge on any atom is 0.160 e. The highest BCUT2D eigenvalue weighted by molar-refractivity contribution is 5.98. The zero-order valence-corrected chi connectivity index (χ0v) is 6.99. The maximum absolute atomic E-state index is 11.2. The minimum atomic E-state index is -0.0652. The minimum absolute atomic E-state index is 0.0652. The van der Waals surface area contributed by atoms with Gasteiger partial charge in [0.1, 0.15) is 0 Å². The summed E-state index contributed by atoms with van der Waals surface area (Å²) in [6.07, 6.45) is 8.43. The van der Waals surface area contributed by atoms with Crippen LogP contribution in [0.3, 0.4) is 0 Å². The second-order valence-corrected chi connectivity index (χ2v) is 2.85. The van der Waals surface area contributed by atoms with E-state index in [1.807, 2.05) is 18.2 Å². The fourth-order valence-corrected chi connectivity index (χ4v) is 1.23. The number of rotatable bonds is 3. The van der Waals surface area contributed by atoms with E-state index in [4.69, 9.17) is 5.73 Å². The largest absolute Gasteiger partial charge is 0.324 e. The van der Waals surface area contributed by atoms with Gasteiger partial charge in [-0.3, -0.25) is 4.79 Å². The molecule has 0 radical (unpaired) electrons. The van der Waals surface area contributed by atoms with E-state index in [0.29, 0.717) is 12.8 Å². The molecule has 0 bridgehead atoms. The van der Waals surface area contributed by atoms with Crippen molar-refractivity contribution >= 4 is 5.78 Å². The van der Waals surface area contributed by atoms with Crippen LogP contribution in [0.5, 0.6) is 0 Å². The summed E-state index contributed by atoms with van der Waals surface area (Å²) in [6, 6.07) is -0.0652. The Bertz CT molecular complexity index is 251. The molecule has 0 spiro atoms. The van der Waals surface area contributed by atoms with Gasteiger partial charge in [0.25, 0.3) is 0 Å². The summed E-state index contributed by atoms with van der Waals surface area (Å²) in [5.41, 5.74) is 6.41. The van der Waals surface area contributed by atoms with Gasteiger partial charge in [-0.1, -0.05) is 30.9 Å². The lowest BCUT2D eigenvalue weighted by Crippen LogP contribution is -2.14. The van der Waals surface area contributed by atoms with Gasteiger partial charge in [-0.05, 0) is 12.0 Å². The number of carbonyl (C=O) groups is 1. The highest BCUT2D eigenvalue weighted by Crippen LogP contribution is 2.16. The molecule has 2 N–H and O–H groups in total. The van der Waals surface area contributed by atoms with Gasteiger partial charge in [0.15, 0.2) is 5.78 Å². The number of ketones is 1. The first-order valence-electron chi connectivity index (χ1n) is 4.01. The molecule has 2 nitrogen and oxygen atoms in total. The summed E-state index contributed by atoms with van der Waals surface area (Å²) in [5.74, 6) is 0.177. The molecule has 1 aliphatic carbocycles. The minimum Gasteiger partial charge on any atom is -0.324 e. The molecule has 0 saturated carbocycles. The molecule has 0 saturated heterocycles. The zero-order chi connectivity index (χ0) is 8.97. The van der Waals surface area contributed by atoms with Gasteiger partial charge in [0.05, 0.1) is 0 Å². The van der Waals surface area contributed by atoms with Gasteiger partial charge in [0.2, 0.25) is 0 Å². The average Bonchev–Trinajstić information content (AvgIpc) is 2.31. The molecule has 1 aliphatic rings. The van der Waals surface area contributed by atoms with Crippen molar-refractivity contribution in [2.45, 2.75) is 18.9 Å². The Kier molecular flexibility index (Phi) is 3.00. The molecule has 64 valence electrons. The Labute approximate surface area is 72.5 Å². The molecular formula is C10H13NO. The Morgan fingerprint density at radius 3 is 3.00 bits per heavy atom. The first kappa shape index (κ1) is 8.94. The molecule has 0 aromatic rings. The monoisotopic (exact) mass is 163 g/mol. The first-order chi connectivity index (χ1) is 5.74. The van der Waals surface area contributed by atoms with E-state index in [9.17, 15) is 4.79 Å². The first-order valence-corrected chi connectivity index (χ1v) is 4.01. The van der Waals surface area contributed by atoms with E-state index < -0.39 is 0 Å². The van der Waals surface area contributed by atoms with Crippen LogP contribution in [0.15, 0.2) is 36.5 Å². The van der Waals surface area contributed by atoms with Gasteiger partial charge in [-0.15, -0.1) is 0 Å². The molecule has 1 rings (SSSR count). The van der Waals surface area contributed by atoms with Crippen molar-refractivity contribution in [1.82, 2.24) is 0 Å². The summed E-state index contributed by atoms with van der Waals surface area (Å²) < 4.78 is 0. The van der Waals surface area contributed by atoms with Crippen LogP contribution in [0.25, 0.3) is 0 Å². The smallest absolute Gasteiger partial charge is 0.160 e. The van der Waals surface area contributed by atoms with Crippen molar-refractivity contribution in [2.75, 3.05) is 0 Å². The number of hydrogen-bond donors (Lipinski definition) is 1. The Hall–Kier alpha value is -1.15. The fraction of sp³-hybridized carbons (Fsp3) is 0.300. The highest BCUT2D eigenvalue weighted by Gasteiger charge is 2.19. The molecule has 0 amide bonds. The van der Waals surface area contributed by atoms with Crippen LogP contribution in [0, 0.1) is 0 Å². The second kappa shape index (κ2) is 4.02. The molecule has 1 atom stereocenters. The van der Waals surface area contributed by atoms with Gasteiger partial charge in [-0.2, -0.15) is 0 Å². The molecule has 12 heavy (non-hydrogen) atoms. The van der Waals surface area contributed by atoms with Crippen molar-refractivity contribution in [3.63, 3.8) is 0 Å². The molecule has 2 heteroatoms. The number of nitrogens with two attached hydrogens (primary N) is 1. The van der Waals surface area contributed by atoms with Gasteiger partial charge in [-0.25, -0.2) is 0 Å². The molecule has 0 aromatic carbocycles. The summed E-state index contributed by atoms with van der Waals surface area (Å²) >= 11 is 0. The lowest BCUT2D eigenvalue weighted by atomic mass is 10.1. The zero-order valence-electron chi connectivity index (χ0n) is 6.99. The van der Waals surface area contributed by atoms with E-state index in [2.05, 4.69) is 6.58 Å².